The summed E-state index contributed by atoms with van der Waals surface area (Å²) in [5, 5.41) is 4.65. The fourth-order valence-corrected chi connectivity index (χ4v) is 4.76. The summed E-state index contributed by atoms with van der Waals surface area (Å²) < 4.78 is 36.1. The van der Waals surface area contributed by atoms with Gasteiger partial charge in [0.1, 0.15) is 0 Å². The molecule has 5 nitrogen and oxygen atoms in total. The number of aryl methyl sites for hydroxylation is 1. The molecule has 0 unspecified atom stereocenters. The van der Waals surface area contributed by atoms with Crippen molar-refractivity contribution < 1.29 is 17.0 Å². The van der Waals surface area contributed by atoms with Gasteiger partial charge in [0, 0.05) is 6.10 Å². The number of hydrogen-bond acceptors (Lipinski definition) is 4. The van der Waals surface area contributed by atoms with Crippen molar-refractivity contribution in [1.82, 2.24) is 0 Å². The van der Waals surface area contributed by atoms with Gasteiger partial charge in [-0.3, -0.25) is 4.18 Å². The SMILES string of the molecule is Cc1ccc(S(=O)(=O)OC[C@@H]2C[C@@H](O[Si](C)(C)C(C)(C)C)C[N-]2)cc1. The second-order valence-corrected chi connectivity index (χ2v) is 14.7. The lowest BCUT2D eigenvalue weighted by atomic mass is 10.2. The molecule has 0 bridgehead atoms. The minimum absolute atomic E-state index is 0.0663. The Bertz CT molecular complexity index is 680. The van der Waals surface area contributed by atoms with Crippen molar-refractivity contribution in [3.8, 4) is 0 Å². The maximum absolute atomic E-state index is 12.3. The second-order valence-electron chi connectivity index (χ2n) is 8.31. The lowest BCUT2D eigenvalue weighted by Gasteiger charge is -2.39. The van der Waals surface area contributed by atoms with Crippen LogP contribution in [-0.2, 0) is 18.7 Å². The Hall–Kier alpha value is -0.733. The van der Waals surface area contributed by atoms with E-state index in [4.69, 9.17) is 8.61 Å². The first-order valence-corrected chi connectivity index (χ1v) is 13.0. The van der Waals surface area contributed by atoms with Gasteiger partial charge in [0.05, 0.1) is 11.5 Å². The van der Waals surface area contributed by atoms with E-state index in [-0.39, 0.29) is 28.7 Å². The molecule has 1 aromatic carbocycles. The van der Waals surface area contributed by atoms with Crippen molar-refractivity contribution in [2.75, 3.05) is 13.2 Å². The first-order valence-electron chi connectivity index (χ1n) is 8.71. The zero-order valence-electron chi connectivity index (χ0n) is 16.1. The van der Waals surface area contributed by atoms with Crippen LogP contribution in [0.1, 0.15) is 32.8 Å². The number of rotatable bonds is 6. The monoisotopic (exact) mass is 384 g/mol. The topological polar surface area (TPSA) is 66.7 Å². The van der Waals surface area contributed by atoms with Gasteiger partial charge in [-0.05, 0) is 43.6 Å². The van der Waals surface area contributed by atoms with Crippen LogP contribution in [0.25, 0.3) is 5.32 Å². The Morgan fingerprint density at radius 2 is 1.80 bits per heavy atom. The van der Waals surface area contributed by atoms with Crippen LogP contribution in [0.5, 0.6) is 0 Å². The molecule has 1 fully saturated rings. The Labute approximate surface area is 153 Å². The van der Waals surface area contributed by atoms with Gasteiger partial charge in [-0.2, -0.15) is 8.42 Å². The summed E-state index contributed by atoms with van der Waals surface area (Å²) in [5.74, 6) is 0. The molecule has 1 saturated heterocycles. The third-order valence-electron chi connectivity index (χ3n) is 5.09. The molecule has 0 saturated carbocycles. The van der Waals surface area contributed by atoms with E-state index in [0.29, 0.717) is 6.54 Å². The zero-order chi connectivity index (χ0) is 18.9. The molecule has 25 heavy (non-hydrogen) atoms. The second kappa shape index (κ2) is 7.48. The van der Waals surface area contributed by atoms with Crippen LogP contribution in [0.15, 0.2) is 29.2 Å². The van der Waals surface area contributed by atoms with Crippen molar-refractivity contribution in [2.24, 2.45) is 0 Å². The summed E-state index contributed by atoms with van der Waals surface area (Å²) >= 11 is 0. The summed E-state index contributed by atoms with van der Waals surface area (Å²) in [7, 11) is -5.57. The number of hydrogen-bond donors (Lipinski definition) is 0. The van der Waals surface area contributed by atoms with Crippen LogP contribution in [0, 0.1) is 6.92 Å². The van der Waals surface area contributed by atoms with Gasteiger partial charge in [0.15, 0.2) is 8.32 Å². The largest absolute Gasteiger partial charge is 0.655 e. The highest BCUT2D eigenvalue weighted by Crippen LogP contribution is 2.39. The fourth-order valence-electron chi connectivity index (χ4n) is 2.46. The van der Waals surface area contributed by atoms with Gasteiger partial charge < -0.3 is 9.74 Å². The van der Waals surface area contributed by atoms with E-state index in [1.54, 1.807) is 24.3 Å². The van der Waals surface area contributed by atoms with Crippen LogP contribution in [0.2, 0.25) is 18.1 Å². The van der Waals surface area contributed by atoms with Crippen molar-refractivity contribution >= 4 is 18.4 Å². The molecule has 0 spiro atoms. The average Bonchev–Trinajstić information content (AvgIpc) is 2.91. The summed E-state index contributed by atoms with van der Waals surface area (Å²) in [4.78, 5) is 0.185. The average molecular weight is 385 g/mol. The van der Waals surface area contributed by atoms with Gasteiger partial charge in [0.25, 0.3) is 10.1 Å². The lowest BCUT2D eigenvalue weighted by molar-refractivity contribution is 0.192. The van der Waals surface area contributed by atoms with Crippen LogP contribution < -0.4 is 0 Å². The van der Waals surface area contributed by atoms with Crippen molar-refractivity contribution in [2.45, 2.75) is 69.3 Å². The van der Waals surface area contributed by atoms with Crippen molar-refractivity contribution in [3.05, 3.63) is 35.1 Å². The zero-order valence-corrected chi connectivity index (χ0v) is 17.9. The molecule has 2 rings (SSSR count). The molecule has 0 radical (unpaired) electrons. The van der Waals surface area contributed by atoms with E-state index in [9.17, 15) is 8.42 Å². The lowest BCUT2D eigenvalue weighted by Crippen LogP contribution is -2.44. The summed E-state index contributed by atoms with van der Waals surface area (Å²) in [6.07, 6.45) is 0.784. The number of nitrogens with zero attached hydrogens (tertiary/aromatic N) is 1. The van der Waals surface area contributed by atoms with Crippen molar-refractivity contribution in [3.63, 3.8) is 0 Å². The van der Waals surface area contributed by atoms with E-state index < -0.39 is 18.4 Å². The highest BCUT2D eigenvalue weighted by atomic mass is 32.2. The molecule has 7 heteroatoms. The molecule has 0 amide bonds. The van der Waals surface area contributed by atoms with E-state index in [1.807, 2.05) is 6.92 Å². The Balaban J connectivity index is 1.88. The maximum atomic E-state index is 12.3. The molecule has 2 atom stereocenters. The van der Waals surface area contributed by atoms with E-state index in [2.05, 4.69) is 39.2 Å². The minimum Gasteiger partial charge on any atom is -0.655 e. The third kappa shape index (κ3) is 5.37. The molecule has 1 aliphatic heterocycles. The van der Waals surface area contributed by atoms with Crippen LogP contribution >= 0.6 is 0 Å². The molecular weight excluding hydrogens is 354 g/mol. The van der Waals surface area contributed by atoms with E-state index >= 15 is 0 Å². The van der Waals surface area contributed by atoms with E-state index in [0.717, 1.165) is 12.0 Å². The van der Waals surface area contributed by atoms with Crippen LogP contribution in [-0.4, -0.2) is 42.0 Å². The molecule has 142 valence electrons. The van der Waals surface area contributed by atoms with Gasteiger partial charge in [-0.15, -0.1) is 12.6 Å². The van der Waals surface area contributed by atoms with E-state index in [1.165, 1.54) is 0 Å². The molecular formula is C18H30NO4SSi-. The summed E-state index contributed by atoms with van der Waals surface area (Å²) in [6.45, 7) is 13.7. The first kappa shape index (κ1) is 20.6. The Morgan fingerprint density at radius 1 is 1.20 bits per heavy atom. The van der Waals surface area contributed by atoms with Crippen LogP contribution in [0.4, 0.5) is 0 Å². The molecule has 0 aliphatic carbocycles. The van der Waals surface area contributed by atoms with Gasteiger partial charge in [-0.25, -0.2) is 0 Å². The van der Waals surface area contributed by atoms with Crippen LogP contribution in [0.3, 0.4) is 0 Å². The van der Waals surface area contributed by atoms with Gasteiger partial charge in [-0.1, -0.05) is 38.5 Å². The smallest absolute Gasteiger partial charge is 0.296 e. The first-order chi connectivity index (χ1) is 11.4. The van der Waals surface area contributed by atoms with Crippen molar-refractivity contribution in [1.29, 1.82) is 0 Å². The highest BCUT2D eigenvalue weighted by Gasteiger charge is 2.39. The fraction of sp³-hybridized carbons (Fsp3) is 0.667. The normalized spacial score (nSPS) is 22.3. The summed E-state index contributed by atoms with van der Waals surface area (Å²) in [6, 6.07) is 6.54. The standard InChI is InChI=1S/C18H30NO4SSi/c1-14-7-9-17(10-8-14)24(20,21)22-13-15-11-16(12-19-15)23-25(5,6)18(2,3)4/h7-10,15-16H,11-13H2,1-6H3/q-1/t15-,16+/m0/s1. The molecule has 0 aromatic heterocycles. The molecule has 1 aromatic rings. The number of benzene rings is 1. The summed E-state index contributed by atoms with van der Waals surface area (Å²) in [5.41, 5.74) is 1.01. The predicted octanol–water partition coefficient (Wildman–Crippen LogP) is 4.24. The minimum atomic E-state index is -3.73. The quantitative estimate of drug-likeness (QED) is 0.543. The van der Waals surface area contributed by atoms with Gasteiger partial charge in [0.2, 0.25) is 0 Å². The Morgan fingerprint density at radius 3 is 2.36 bits per heavy atom. The third-order valence-corrected chi connectivity index (χ3v) is 10.9. The molecule has 1 aliphatic rings. The maximum Gasteiger partial charge on any atom is 0.296 e. The molecule has 1 heterocycles. The van der Waals surface area contributed by atoms with Gasteiger partial charge >= 0.3 is 0 Å². The highest BCUT2D eigenvalue weighted by molar-refractivity contribution is 7.86. The predicted molar refractivity (Wildman–Crippen MR) is 103 cm³/mol. The Kier molecular flexibility index (Phi) is 6.16. The molecule has 0 N–H and O–H groups in total.